The second kappa shape index (κ2) is 8.25. The molecule has 2 heterocycles. The number of nitrogen functional groups attached to an aromatic ring is 1. The van der Waals surface area contributed by atoms with Crippen molar-refractivity contribution in [2.45, 2.75) is 0 Å². The van der Waals surface area contributed by atoms with Crippen molar-refractivity contribution >= 4 is 49.3 Å². The summed E-state index contributed by atoms with van der Waals surface area (Å²) in [7, 11) is 0. The van der Waals surface area contributed by atoms with Gasteiger partial charge in [0.05, 0.1) is 39.1 Å². The summed E-state index contributed by atoms with van der Waals surface area (Å²) in [4.78, 5) is 0. The van der Waals surface area contributed by atoms with E-state index in [9.17, 15) is 15.8 Å². The summed E-state index contributed by atoms with van der Waals surface area (Å²) in [6.07, 6.45) is 0. The Morgan fingerprint density at radius 3 is 1.00 bits per heavy atom. The first-order chi connectivity index (χ1) is 19.2. The smallest absolute Gasteiger partial charge is 0.104 e. The molecule has 0 aliphatic rings. The van der Waals surface area contributed by atoms with Crippen LogP contribution in [0.15, 0.2) is 97.1 Å². The lowest BCUT2D eigenvalue weighted by Gasteiger charge is -2.20. The van der Waals surface area contributed by atoms with E-state index in [1.807, 2.05) is 106 Å². The van der Waals surface area contributed by atoms with Gasteiger partial charge in [0.1, 0.15) is 34.9 Å². The minimum Gasteiger partial charge on any atom is -0.396 e. The highest BCUT2D eigenvalue weighted by Gasteiger charge is 2.29. The monoisotopic (exact) mass is 498 g/mol. The van der Waals surface area contributed by atoms with Gasteiger partial charge in [0.25, 0.3) is 0 Å². The predicted molar refractivity (Wildman–Crippen MR) is 154 cm³/mol. The molecule has 0 atom stereocenters. The number of hydrogen-bond donors (Lipinski definition) is 1. The number of nitrogens with two attached hydrogens (primary N) is 1. The molecule has 180 valence electrons. The van der Waals surface area contributed by atoms with Crippen LogP contribution in [0.25, 0.3) is 55.0 Å². The first-order valence-electron chi connectivity index (χ1n) is 12.4. The third-order valence-corrected chi connectivity index (χ3v) is 7.43. The van der Waals surface area contributed by atoms with Gasteiger partial charge >= 0.3 is 0 Å². The van der Waals surface area contributed by atoms with Gasteiger partial charge < -0.3 is 14.9 Å². The van der Waals surface area contributed by atoms with Gasteiger partial charge in [0.15, 0.2) is 0 Å². The van der Waals surface area contributed by atoms with E-state index < -0.39 is 0 Å². The van der Waals surface area contributed by atoms with Crippen molar-refractivity contribution < 1.29 is 0 Å². The fraction of sp³-hybridized carbons (Fsp3) is 0. The highest BCUT2D eigenvalue weighted by Crippen LogP contribution is 2.42. The highest BCUT2D eigenvalue weighted by atomic mass is 15.0. The van der Waals surface area contributed by atoms with E-state index in [2.05, 4.69) is 18.2 Å². The highest BCUT2D eigenvalue weighted by molar-refractivity contribution is 6.11. The Morgan fingerprint density at radius 1 is 0.436 bits per heavy atom. The zero-order chi connectivity index (χ0) is 26.7. The van der Waals surface area contributed by atoms with Crippen molar-refractivity contribution in [2.24, 2.45) is 0 Å². The maximum Gasteiger partial charge on any atom is 0.104 e. The van der Waals surface area contributed by atoms with Gasteiger partial charge in [0, 0.05) is 21.5 Å². The Morgan fingerprint density at radius 2 is 0.718 bits per heavy atom. The molecule has 2 aromatic heterocycles. The quantitative estimate of drug-likeness (QED) is 0.257. The molecule has 0 radical (unpaired) electrons. The van der Waals surface area contributed by atoms with E-state index in [1.54, 1.807) is 0 Å². The molecule has 39 heavy (non-hydrogen) atoms. The molecule has 6 heteroatoms. The van der Waals surface area contributed by atoms with E-state index in [0.29, 0.717) is 11.4 Å². The molecule has 6 nitrogen and oxygen atoms in total. The van der Waals surface area contributed by atoms with Crippen molar-refractivity contribution in [3.63, 3.8) is 0 Å². The zero-order valence-corrected chi connectivity index (χ0v) is 20.6. The predicted octanol–water partition coefficient (Wildman–Crippen LogP) is 7.08. The lowest BCUT2D eigenvalue weighted by atomic mass is 9.97. The topological polar surface area (TPSA) is 107 Å². The van der Waals surface area contributed by atoms with Crippen LogP contribution in [0.2, 0.25) is 0 Å². The van der Waals surface area contributed by atoms with Crippen LogP contribution in [0.3, 0.4) is 0 Å². The van der Waals surface area contributed by atoms with Gasteiger partial charge in [-0.1, -0.05) is 72.8 Å². The summed E-state index contributed by atoms with van der Waals surface area (Å²) in [6, 6.07) is 38.3. The molecule has 0 unspecified atom stereocenters. The normalized spacial score (nSPS) is 11.1. The van der Waals surface area contributed by atoms with E-state index in [-0.39, 0.29) is 22.4 Å². The number of fused-ring (bicyclic) bond motifs is 6. The van der Waals surface area contributed by atoms with E-state index in [1.165, 1.54) is 0 Å². The van der Waals surface area contributed by atoms with Crippen molar-refractivity contribution in [1.29, 1.82) is 15.8 Å². The first-order valence-corrected chi connectivity index (χ1v) is 12.4. The van der Waals surface area contributed by atoms with Crippen LogP contribution in [-0.4, -0.2) is 9.13 Å². The average molecular weight is 499 g/mol. The number of para-hydroxylation sites is 4. The summed E-state index contributed by atoms with van der Waals surface area (Å²) in [5.74, 6) is 0. The summed E-state index contributed by atoms with van der Waals surface area (Å²) < 4.78 is 3.85. The number of nitrogens with zero attached hydrogens (tertiary/aromatic N) is 5. The van der Waals surface area contributed by atoms with Crippen LogP contribution in [0.5, 0.6) is 0 Å². The number of rotatable bonds is 2. The zero-order valence-electron chi connectivity index (χ0n) is 20.6. The molecular weight excluding hydrogens is 480 g/mol. The fourth-order valence-corrected chi connectivity index (χ4v) is 5.85. The molecular formula is C33H18N6. The van der Waals surface area contributed by atoms with Crippen LogP contribution in [0.4, 0.5) is 5.69 Å². The van der Waals surface area contributed by atoms with E-state index in [0.717, 1.165) is 43.6 Å². The summed E-state index contributed by atoms with van der Waals surface area (Å²) in [6.45, 7) is 0. The van der Waals surface area contributed by atoms with Crippen LogP contribution >= 0.6 is 0 Å². The van der Waals surface area contributed by atoms with Gasteiger partial charge in [-0.3, -0.25) is 0 Å². The Balaban J connectivity index is 1.76. The van der Waals surface area contributed by atoms with E-state index in [4.69, 9.17) is 5.73 Å². The summed E-state index contributed by atoms with van der Waals surface area (Å²) in [5, 5.41) is 35.5. The van der Waals surface area contributed by atoms with Crippen LogP contribution in [0, 0.1) is 34.0 Å². The maximum atomic E-state index is 10.8. The van der Waals surface area contributed by atoms with Crippen molar-refractivity contribution in [2.75, 3.05) is 5.73 Å². The lowest BCUT2D eigenvalue weighted by molar-refractivity contribution is 1.10. The van der Waals surface area contributed by atoms with Gasteiger partial charge in [-0.2, -0.15) is 15.8 Å². The lowest BCUT2D eigenvalue weighted by Crippen LogP contribution is -2.12. The number of anilines is 1. The molecule has 7 rings (SSSR count). The van der Waals surface area contributed by atoms with Crippen LogP contribution in [0.1, 0.15) is 16.7 Å². The van der Waals surface area contributed by atoms with Crippen LogP contribution < -0.4 is 5.73 Å². The summed E-state index contributed by atoms with van der Waals surface area (Å²) >= 11 is 0. The standard InChI is InChI=1S/C33H18N6/c34-17-24-31(37)25(18-35)33(39-29-15-7-3-11-22(29)23-12-4-8-16-30(23)39)26(19-36)32(24)38-27-13-5-1-9-20(27)21-10-2-6-14-28(21)38/h1-16H,37H2. The number of hydrogen-bond acceptors (Lipinski definition) is 4. The molecule has 0 saturated heterocycles. The largest absolute Gasteiger partial charge is 0.396 e. The Hall–Kier alpha value is -6.03. The van der Waals surface area contributed by atoms with Crippen molar-refractivity contribution in [3.8, 4) is 29.6 Å². The van der Waals surface area contributed by atoms with Gasteiger partial charge in [-0.25, -0.2) is 0 Å². The van der Waals surface area contributed by atoms with Gasteiger partial charge in [-0.05, 0) is 24.3 Å². The average Bonchev–Trinajstić information content (AvgIpc) is 3.49. The van der Waals surface area contributed by atoms with E-state index >= 15 is 0 Å². The molecule has 5 aromatic carbocycles. The molecule has 0 fully saturated rings. The molecule has 0 aliphatic heterocycles. The summed E-state index contributed by atoms with van der Waals surface area (Å²) in [5.41, 5.74) is 11.2. The molecule has 2 N–H and O–H groups in total. The SMILES string of the molecule is N#Cc1c(N)c(C#N)c(-n2c3ccccc3c3ccccc32)c(C#N)c1-n1c2ccccc2c2ccccc21. The molecule has 0 spiro atoms. The van der Waals surface area contributed by atoms with Crippen molar-refractivity contribution in [1.82, 2.24) is 9.13 Å². The molecule has 0 amide bonds. The third kappa shape index (κ3) is 2.87. The first kappa shape index (κ1) is 22.2. The number of nitriles is 3. The Labute approximate surface area is 223 Å². The molecule has 0 bridgehead atoms. The number of aromatic nitrogens is 2. The molecule has 7 aromatic rings. The molecule has 0 saturated carbocycles. The Bertz CT molecular complexity index is 2020. The second-order valence-corrected chi connectivity index (χ2v) is 9.31. The minimum atomic E-state index is 0.0488. The van der Waals surface area contributed by atoms with Gasteiger partial charge in [-0.15, -0.1) is 0 Å². The minimum absolute atomic E-state index is 0.0488. The second-order valence-electron chi connectivity index (χ2n) is 9.31. The molecule has 0 aliphatic carbocycles. The fourth-order valence-electron chi connectivity index (χ4n) is 5.85. The van der Waals surface area contributed by atoms with Crippen molar-refractivity contribution in [3.05, 3.63) is 114 Å². The Kier molecular flexibility index (Phi) is 4.69. The third-order valence-electron chi connectivity index (χ3n) is 7.43. The van der Waals surface area contributed by atoms with Crippen LogP contribution in [-0.2, 0) is 0 Å². The number of benzene rings is 5. The maximum absolute atomic E-state index is 10.8. The van der Waals surface area contributed by atoms with Gasteiger partial charge in [0.2, 0.25) is 0 Å².